The summed E-state index contributed by atoms with van der Waals surface area (Å²) in [6, 6.07) is 20.5. The number of hydrogen-bond acceptors (Lipinski definition) is 2. The zero-order chi connectivity index (χ0) is 16.8. The van der Waals surface area contributed by atoms with Crippen LogP contribution in [0.25, 0.3) is 0 Å². The van der Waals surface area contributed by atoms with Crippen LogP contribution >= 0.6 is 0 Å². The van der Waals surface area contributed by atoms with Crippen LogP contribution in [-0.2, 0) is 4.79 Å². The van der Waals surface area contributed by atoms with E-state index in [4.69, 9.17) is 5.11 Å². The molecular weight excluding hydrogens is 298 g/mol. The van der Waals surface area contributed by atoms with Gasteiger partial charge in [-0.15, -0.1) is 0 Å². The number of carbonyl (C=O) groups excluding carboxylic acids is 1. The second-order valence-electron chi connectivity index (χ2n) is 6.58. The van der Waals surface area contributed by atoms with Crippen LogP contribution in [0.2, 0.25) is 0 Å². The molecule has 24 heavy (non-hydrogen) atoms. The first kappa shape index (κ1) is 16.7. The Kier molecular flexibility index (Phi) is 5.65. The smallest absolute Gasteiger partial charge is 0.223 e. The highest BCUT2D eigenvalue weighted by molar-refractivity contribution is 5.78. The Morgan fingerprint density at radius 3 is 2.17 bits per heavy atom. The maximum Gasteiger partial charge on any atom is 0.223 e. The van der Waals surface area contributed by atoms with Crippen LogP contribution in [0.5, 0.6) is 0 Å². The molecule has 3 nitrogen and oxygen atoms in total. The fourth-order valence-corrected chi connectivity index (χ4v) is 3.58. The van der Waals surface area contributed by atoms with Gasteiger partial charge in [-0.1, -0.05) is 60.7 Å². The van der Waals surface area contributed by atoms with E-state index in [0.29, 0.717) is 12.3 Å². The van der Waals surface area contributed by atoms with Gasteiger partial charge in [-0.3, -0.25) is 4.79 Å². The average molecular weight is 323 g/mol. The Balaban J connectivity index is 1.74. The molecule has 0 bridgehead atoms. The van der Waals surface area contributed by atoms with Gasteiger partial charge in [0, 0.05) is 32.0 Å². The van der Waals surface area contributed by atoms with Crippen molar-refractivity contribution < 1.29 is 9.90 Å². The summed E-state index contributed by atoms with van der Waals surface area (Å²) in [5.41, 5.74) is 2.37. The molecule has 1 fully saturated rings. The second kappa shape index (κ2) is 8.11. The molecule has 1 atom stereocenters. The molecule has 1 saturated heterocycles. The van der Waals surface area contributed by atoms with E-state index in [0.717, 1.165) is 25.9 Å². The Labute approximate surface area is 143 Å². The first-order valence-corrected chi connectivity index (χ1v) is 8.76. The fraction of sp³-hybridized carbons (Fsp3) is 0.381. The highest BCUT2D eigenvalue weighted by Crippen LogP contribution is 2.30. The first-order valence-electron chi connectivity index (χ1n) is 8.76. The number of nitrogens with zero attached hydrogens (tertiary/aromatic N) is 1. The predicted molar refractivity (Wildman–Crippen MR) is 95.7 cm³/mol. The molecule has 0 saturated carbocycles. The minimum atomic E-state index is 0.0943. The number of aliphatic hydroxyl groups is 1. The SMILES string of the molecule is O=C(CC(c1ccccc1)c1ccccc1)N1CC[C@H](CCO)C1. The zero-order valence-corrected chi connectivity index (χ0v) is 14.0. The lowest BCUT2D eigenvalue weighted by Crippen LogP contribution is -2.30. The van der Waals surface area contributed by atoms with Gasteiger partial charge in [0.1, 0.15) is 0 Å². The van der Waals surface area contributed by atoms with Gasteiger partial charge in [0.15, 0.2) is 0 Å². The molecule has 1 aliphatic rings. The lowest BCUT2D eigenvalue weighted by molar-refractivity contribution is -0.130. The van der Waals surface area contributed by atoms with Crippen molar-refractivity contribution in [1.82, 2.24) is 4.90 Å². The van der Waals surface area contributed by atoms with Crippen molar-refractivity contribution in [3.63, 3.8) is 0 Å². The van der Waals surface area contributed by atoms with Crippen LogP contribution in [-0.4, -0.2) is 35.6 Å². The summed E-state index contributed by atoms with van der Waals surface area (Å²) in [5, 5.41) is 9.09. The molecule has 0 radical (unpaired) electrons. The van der Waals surface area contributed by atoms with Gasteiger partial charge in [0.05, 0.1) is 0 Å². The summed E-state index contributed by atoms with van der Waals surface area (Å²) < 4.78 is 0. The molecule has 0 spiro atoms. The van der Waals surface area contributed by atoms with Gasteiger partial charge in [-0.25, -0.2) is 0 Å². The molecule has 0 aromatic heterocycles. The molecule has 0 aliphatic carbocycles. The summed E-state index contributed by atoms with van der Waals surface area (Å²) in [6.07, 6.45) is 2.30. The van der Waals surface area contributed by atoms with Crippen LogP contribution in [0.1, 0.15) is 36.3 Å². The van der Waals surface area contributed by atoms with Gasteiger partial charge in [-0.2, -0.15) is 0 Å². The number of hydrogen-bond donors (Lipinski definition) is 1. The van der Waals surface area contributed by atoms with Gasteiger partial charge < -0.3 is 10.0 Å². The van der Waals surface area contributed by atoms with Crippen LogP contribution in [0, 0.1) is 5.92 Å². The third kappa shape index (κ3) is 4.04. The third-order valence-corrected chi connectivity index (χ3v) is 4.96. The average Bonchev–Trinajstić information content (AvgIpc) is 3.10. The Morgan fingerprint density at radius 1 is 1.04 bits per heavy atom. The molecule has 3 rings (SSSR count). The van der Waals surface area contributed by atoms with Gasteiger partial charge >= 0.3 is 0 Å². The molecule has 1 N–H and O–H groups in total. The van der Waals surface area contributed by atoms with E-state index < -0.39 is 0 Å². The van der Waals surface area contributed by atoms with Crippen molar-refractivity contribution in [1.29, 1.82) is 0 Å². The minimum Gasteiger partial charge on any atom is -0.396 e. The first-order chi connectivity index (χ1) is 11.8. The molecule has 126 valence electrons. The van der Waals surface area contributed by atoms with Crippen molar-refractivity contribution in [2.45, 2.75) is 25.2 Å². The van der Waals surface area contributed by atoms with E-state index in [1.165, 1.54) is 11.1 Å². The van der Waals surface area contributed by atoms with Crippen LogP contribution in [0.3, 0.4) is 0 Å². The highest BCUT2D eigenvalue weighted by Gasteiger charge is 2.28. The number of carbonyl (C=O) groups is 1. The number of amides is 1. The largest absolute Gasteiger partial charge is 0.396 e. The Morgan fingerprint density at radius 2 is 1.62 bits per heavy atom. The van der Waals surface area contributed by atoms with Crippen molar-refractivity contribution in [2.75, 3.05) is 19.7 Å². The number of aliphatic hydroxyl groups excluding tert-OH is 1. The summed E-state index contributed by atoms with van der Waals surface area (Å²) in [7, 11) is 0. The van der Waals surface area contributed by atoms with E-state index in [1.54, 1.807) is 0 Å². The predicted octanol–water partition coefficient (Wildman–Crippen LogP) is 3.44. The molecule has 0 unspecified atom stereocenters. The number of benzene rings is 2. The summed E-state index contributed by atoms with van der Waals surface area (Å²) in [6.45, 7) is 1.82. The summed E-state index contributed by atoms with van der Waals surface area (Å²) in [4.78, 5) is 14.8. The fourth-order valence-electron chi connectivity index (χ4n) is 3.58. The Bertz CT molecular complexity index is 602. The third-order valence-electron chi connectivity index (χ3n) is 4.96. The van der Waals surface area contributed by atoms with E-state index >= 15 is 0 Å². The summed E-state index contributed by atoms with van der Waals surface area (Å²) in [5.74, 6) is 0.760. The van der Waals surface area contributed by atoms with E-state index in [9.17, 15) is 4.79 Å². The summed E-state index contributed by atoms with van der Waals surface area (Å²) >= 11 is 0. The maximum atomic E-state index is 12.8. The number of rotatable bonds is 6. The molecule has 1 amide bonds. The van der Waals surface area contributed by atoms with E-state index in [2.05, 4.69) is 24.3 Å². The van der Waals surface area contributed by atoms with Gasteiger partial charge in [0.2, 0.25) is 5.91 Å². The molecule has 3 heteroatoms. The molecule has 2 aromatic carbocycles. The normalized spacial score (nSPS) is 17.4. The van der Waals surface area contributed by atoms with Crippen molar-refractivity contribution in [2.24, 2.45) is 5.92 Å². The van der Waals surface area contributed by atoms with Gasteiger partial charge in [0.25, 0.3) is 0 Å². The lowest BCUT2D eigenvalue weighted by atomic mass is 9.88. The molecule has 2 aromatic rings. The van der Waals surface area contributed by atoms with E-state index in [1.807, 2.05) is 41.3 Å². The molecular formula is C21H25NO2. The maximum absolute atomic E-state index is 12.8. The van der Waals surface area contributed by atoms with Crippen LogP contribution in [0.15, 0.2) is 60.7 Å². The minimum absolute atomic E-state index is 0.0943. The molecule has 1 aliphatic heterocycles. The van der Waals surface area contributed by atoms with Gasteiger partial charge in [-0.05, 0) is 29.9 Å². The van der Waals surface area contributed by atoms with Crippen LogP contribution in [0.4, 0.5) is 0 Å². The number of likely N-dealkylation sites (tertiary alicyclic amines) is 1. The topological polar surface area (TPSA) is 40.5 Å². The highest BCUT2D eigenvalue weighted by atomic mass is 16.3. The standard InChI is InChI=1S/C21H25NO2/c23-14-12-17-11-13-22(16-17)21(24)15-20(18-7-3-1-4-8-18)19-9-5-2-6-10-19/h1-10,17,20,23H,11-16H2/t17-/m1/s1. The van der Waals surface area contributed by atoms with Crippen molar-refractivity contribution in [3.8, 4) is 0 Å². The lowest BCUT2D eigenvalue weighted by Gasteiger charge is -2.22. The van der Waals surface area contributed by atoms with Crippen molar-refractivity contribution in [3.05, 3.63) is 71.8 Å². The van der Waals surface area contributed by atoms with Crippen LogP contribution < -0.4 is 0 Å². The second-order valence-corrected chi connectivity index (χ2v) is 6.58. The monoisotopic (exact) mass is 323 g/mol. The van der Waals surface area contributed by atoms with E-state index in [-0.39, 0.29) is 18.4 Å². The Hall–Kier alpha value is -2.13. The molecule has 1 heterocycles. The zero-order valence-electron chi connectivity index (χ0n) is 14.0. The van der Waals surface area contributed by atoms with Crippen molar-refractivity contribution >= 4 is 5.91 Å². The quantitative estimate of drug-likeness (QED) is 0.884.